The van der Waals surface area contributed by atoms with E-state index in [0.29, 0.717) is 6.42 Å². The fourth-order valence-electron chi connectivity index (χ4n) is 1.94. The molecule has 82 valence electrons. The third-order valence-corrected chi connectivity index (χ3v) is 2.61. The quantitative estimate of drug-likeness (QED) is 0.822. The van der Waals surface area contributed by atoms with Crippen molar-refractivity contribution in [2.75, 3.05) is 7.11 Å². The minimum Gasteiger partial charge on any atom is -0.497 e. The molecular formula is C12H16O3. The summed E-state index contributed by atoms with van der Waals surface area (Å²) in [4.78, 5) is 0. The molecule has 1 aromatic carbocycles. The summed E-state index contributed by atoms with van der Waals surface area (Å²) in [6, 6.07) is 5.82. The molecular weight excluding hydrogens is 192 g/mol. The largest absolute Gasteiger partial charge is 0.497 e. The van der Waals surface area contributed by atoms with Gasteiger partial charge in [0.15, 0.2) is 0 Å². The Morgan fingerprint density at radius 1 is 1.60 bits per heavy atom. The molecule has 0 fully saturated rings. The third kappa shape index (κ3) is 2.23. The third-order valence-electron chi connectivity index (χ3n) is 2.61. The molecule has 1 heterocycles. The van der Waals surface area contributed by atoms with Crippen LogP contribution < -0.4 is 9.47 Å². The summed E-state index contributed by atoms with van der Waals surface area (Å²) >= 11 is 0. The molecule has 2 atom stereocenters. The Balaban J connectivity index is 2.09. The van der Waals surface area contributed by atoms with Crippen LogP contribution in [-0.2, 0) is 6.42 Å². The van der Waals surface area contributed by atoms with E-state index in [1.165, 1.54) is 5.56 Å². The van der Waals surface area contributed by atoms with E-state index in [4.69, 9.17) is 9.47 Å². The van der Waals surface area contributed by atoms with E-state index < -0.39 is 0 Å². The molecule has 0 radical (unpaired) electrons. The number of benzene rings is 1. The van der Waals surface area contributed by atoms with Crippen LogP contribution in [0, 0.1) is 0 Å². The maximum Gasteiger partial charge on any atom is 0.123 e. The Bertz CT molecular complexity index is 347. The second kappa shape index (κ2) is 4.11. The highest BCUT2D eigenvalue weighted by Crippen LogP contribution is 2.33. The van der Waals surface area contributed by atoms with Crippen molar-refractivity contribution in [2.24, 2.45) is 0 Å². The Hall–Kier alpha value is -1.22. The van der Waals surface area contributed by atoms with Crippen molar-refractivity contribution < 1.29 is 14.6 Å². The van der Waals surface area contributed by atoms with E-state index in [-0.39, 0.29) is 12.2 Å². The van der Waals surface area contributed by atoms with Gasteiger partial charge in [-0.15, -0.1) is 0 Å². The van der Waals surface area contributed by atoms with E-state index in [0.717, 1.165) is 17.9 Å². The number of hydrogen-bond donors (Lipinski definition) is 1. The van der Waals surface area contributed by atoms with Crippen molar-refractivity contribution >= 4 is 0 Å². The maximum absolute atomic E-state index is 9.29. The van der Waals surface area contributed by atoms with Crippen molar-refractivity contribution in [1.29, 1.82) is 0 Å². The molecule has 0 saturated carbocycles. The average molecular weight is 208 g/mol. The lowest BCUT2D eigenvalue weighted by Crippen LogP contribution is -2.19. The Morgan fingerprint density at radius 3 is 3.07 bits per heavy atom. The molecule has 0 bridgehead atoms. The summed E-state index contributed by atoms with van der Waals surface area (Å²) in [6.07, 6.45) is 1.33. The summed E-state index contributed by atoms with van der Waals surface area (Å²) < 4.78 is 10.9. The lowest BCUT2D eigenvalue weighted by atomic mass is 10.1. The summed E-state index contributed by atoms with van der Waals surface area (Å²) in [5.74, 6) is 1.77. The zero-order chi connectivity index (χ0) is 10.8. The first kappa shape index (κ1) is 10.3. The molecule has 3 heteroatoms. The van der Waals surface area contributed by atoms with Crippen molar-refractivity contribution in [1.82, 2.24) is 0 Å². The number of hydrogen-bond acceptors (Lipinski definition) is 3. The van der Waals surface area contributed by atoms with Crippen molar-refractivity contribution in [2.45, 2.75) is 32.0 Å². The van der Waals surface area contributed by atoms with Crippen LogP contribution in [0.1, 0.15) is 18.9 Å². The lowest BCUT2D eigenvalue weighted by molar-refractivity contribution is 0.118. The molecule has 0 saturated heterocycles. The minimum atomic E-state index is -0.314. The molecule has 1 aliphatic heterocycles. The van der Waals surface area contributed by atoms with Crippen LogP contribution in [0.2, 0.25) is 0 Å². The van der Waals surface area contributed by atoms with Crippen molar-refractivity contribution in [3.8, 4) is 11.5 Å². The normalized spacial score (nSPS) is 20.6. The lowest BCUT2D eigenvalue weighted by Gasteiger charge is -2.11. The molecule has 1 aliphatic rings. The first-order chi connectivity index (χ1) is 7.19. The highest BCUT2D eigenvalue weighted by molar-refractivity contribution is 5.43. The number of aliphatic hydroxyl groups excluding tert-OH is 1. The smallest absolute Gasteiger partial charge is 0.123 e. The number of rotatable bonds is 3. The molecule has 15 heavy (non-hydrogen) atoms. The fraction of sp³-hybridized carbons (Fsp3) is 0.500. The molecule has 1 aromatic rings. The van der Waals surface area contributed by atoms with Crippen molar-refractivity contribution in [3.05, 3.63) is 23.8 Å². The molecule has 2 unspecified atom stereocenters. The standard InChI is InChI=1S/C12H16O3/c1-8(13)5-11-7-9-6-10(14-2)3-4-12(9)15-11/h3-4,6,8,11,13H,5,7H2,1-2H3. The molecule has 2 rings (SSSR count). The maximum atomic E-state index is 9.29. The molecule has 0 aliphatic carbocycles. The zero-order valence-electron chi connectivity index (χ0n) is 9.06. The molecule has 0 spiro atoms. The number of methoxy groups -OCH3 is 1. The van der Waals surface area contributed by atoms with Gasteiger partial charge in [-0.2, -0.15) is 0 Å². The van der Waals surface area contributed by atoms with Crippen molar-refractivity contribution in [3.63, 3.8) is 0 Å². The van der Waals surface area contributed by atoms with E-state index in [1.54, 1.807) is 14.0 Å². The monoisotopic (exact) mass is 208 g/mol. The second-order valence-electron chi connectivity index (χ2n) is 4.00. The van der Waals surface area contributed by atoms with Crippen LogP contribution in [0.25, 0.3) is 0 Å². The Morgan fingerprint density at radius 2 is 2.40 bits per heavy atom. The van der Waals surface area contributed by atoms with E-state index in [1.807, 2.05) is 18.2 Å². The highest BCUT2D eigenvalue weighted by Gasteiger charge is 2.24. The predicted octanol–water partition coefficient (Wildman–Crippen LogP) is 1.77. The summed E-state index contributed by atoms with van der Waals surface area (Å²) in [7, 11) is 1.66. The summed E-state index contributed by atoms with van der Waals surface area (Å²) in [5, 5.41) is 9.29. The predicted molar refractivity (Wildman–Crippen MR) is 57.4 cm³/mol. The van der Waals surface area contributed by atoms with Gasteiger partial charge < -0.3 is 14.6 Å². The molecule has 0 amide bonds. The first-order valence-electron chi connectivity index (χ1n) is 5.20. The van der Waals surface area contributed by atoms with Crippen LogP contribution in [0.15, 0.2) is 18.2 Å². The van der Waals surface area contributed by atoms with Gasteiger partial charge in [0.1, 0.15) is 17.6 Å². The van der Waals surface area contributed by atoms with Gasteiger partial charge in [-0.25, -0.2) is 0 Å². The molecule has 3 nitrogen and oxygen atoms in total. The van der Waals surface area contributed by atoms with Gasteiger partial charge in [0.05, 0.1) is 13.2 Å². The zero-order valence-corrected chi connectivity index (χ0v) is 9.06. The van der Waals surface area contributed by atoms with Gasteiger partial charge in [0, 0.05) is 18.4 Å². The van der Waals surface area contributed by atoms with Gasteiger partial charge in [-0.3, -0.25) is 0 Å². The Labute approximate surface area is 89.6 Å². The average Bonchev–Trinajstić information content (AvgIpc) is 2.57. The SMILES string of the molecule is COc1ccc2c(c1)CC(CC(C)O)O2. The van der Waals surface area contributed by atoms with Gasteiger partial charge in [0.25, 0.3) is 0 Å². The molecule has 1 N–H and O–H groups in total. The van der Waals surface area contributed by atoms with E-state index in [9.17, 15) is 5.11 Å². The number of aliphatic hydroxyl groups is 1. The first-order valence-corrected chi connectivity index (χ1v) is 5.20. The van der Waals surface area contributed by atoms with Gasteiger partial charge in [0.2, 0.25) is 0 Å². The van der Waals surface area contributed by atoms with Gasteiger partial charge in [-0.1, -0.05) is 0 Å². The fourth-order valence-corrected chi connectivity index (χ4v) is 1.94. The van der Waals surface area contributed by atoms with E-state index in [2.05, 4.69) is 0 Å². The van der Waals surface area contributed by atoms with Gasteiger partial charge >= 0.3 is 0 Å². The Kier molecular flexibility index (Phi) is 2.82. The number of ether oxygens (including phenoxy) is 2. The van der Waals surface area contributed by atoms with Crippen LogP contribution in [0.5, 0.6) is 11.5 Å². The second-order valence-corrected chi connectivity index (χ2v) is 4.00. The van der Waals surface area contributed by atoms with Crippen LogP contribution in [0.4, 0.5) is 0 Å². The topological polar surface area (TPSA) is 38.7 Å². The highest BCUT2D eigenvalue weighted by atomic mass is 16.5. The van der Waals surface area contributed by atoms with Crippen LogP contribution >= 0.6 is 0 Å². The molecule has 0 aromatic heterocycles. The summed E-state index contributed by atoms with van der Waals surface area (Å²) in [6.45, 7) is 1.78. The van der Waals surface area contributed by atoms with Gasteiger partial charge in [-0.05, 0) is 25.1 Å². The van der Waals surface area contributed by atoms with E-state index >= 15 is 0 Å². The summed E-state index contributed by atoms with van der Waals surface area (Å²) in [5.41, 5.74) is 1.17. The van der Waals surface area contributed by atoms with Crippen LogP contribution in [0.3, 0.4) is 0 Å². The van der Waals surface area contributed by atoms with Crippen LogP contribution in [-0.4, -0.2) is 24.4 Å². The number of fused-ring (bicyclic) bond motifs is 1. The minimum absolute atomic E-state index is 0.104.